The van der Waals surface area contributed by atoms with Gasteiger partial charge in [-0.3, -0.25) is 9.69 Å². The van der Waals surface area contributed by atoms with Gasteiger partial charge in [0.15, 0.2) is 0 Å². The Hall–Kier alpha value is -2.42. The minimum atomic E-state index is -0.0833. The molecule has 5 heteroatoms. The van der Waals surface area contributed by atoms with Gasteiger partial charge in [-0.25, -0.2) is 0 Å². The number of nitrogens with zero attached hydrogens (tertiary/aromatic N) is 2. The van der Waals surface area contributed by atoms with Crippen LogP contribution in [0, 0.1) is 11.3 Å². The van der Waals surface area contributed by atoms with E-state index in [0.717, 1.165) is 55.8 Å². The van der Waals surface area contributed by atoms with Crippen LogP contribution >= 0.6 is 11.3 Å². The third kappa shape index (κ3) is 5.19. The van der Waals surface area contributed by atoms with Crippen molar-refractivity contribution in [1.82, 2.24) is 10.2 Å². The largest absolute Gasteiger partial charge is 0.347 e. The van der Waals surface area contributed by atoms with E-state index in [0.29, 0.717) is 0 Å². The van der Waals surface area contributed by atoms with E-state index in [1.165, 1.54) is 30.4 Å². The Kier molecular flexibility index (Phi) is 6.66. The highest BCUT2D eigenvalue weighted by atomic mass is 32.1. The zero-order chi connectivity index (χ0) is 20.8. The lowest BCUT2D eigenvalue weighted by Crippen LogP contribution is -2.51. The Balaban J connectivity index is 1.37. The number of benzene rings is 1. The van der Waals surface area contributed by atoms with Gasteiger partial charge in [-0.2, -0.15) is 5.26 Å². The van der Waals surface area contributed by atoms with Crippen LogP contribution in [0.1, 0.15) is 60.1 Å². The Morgan fingerprint density at radius 3 is 2.87 bits per heavy atom. The number of hydrogen-bond donors (Lipinski definition) is 1. The molecule has 0 spiro atoms. The van der Waals surface area contributed by atoms with Crippen LogP contribution < -0.4 is 5.32 Å². The molecule has 30 heavy (non-hydrogen) atoms. The number of carbonyl (C=O) groups excluding carboxylic acids is 1. The quantitative estimate of drug-likeness (QED) is 0.678. The van der Waals surface area contributed by atoms with E-state index in [-0.39, 0.29) is 11.4 Å². The number of nitrogens with one attached hydrogen (secondary N) is 1. The normalized spacial score (nSPS) is 18.6. The first-order chi connectivity index (χ1) is 14.7. The topological polar surface area (TPSA) is 56.1 Å². The average Bonchev–Trinajstić information content (AvgIpc) is 3.30. The van der Waals surface area contributed by atoms with E-state index in [2.05, 4.69) is 22.4 Å². The molecule has 1 aliphatic carbocycles. The van der Waals surface area contributed by atoms with Crippen molar-refractivity contribution in [3.63, 3.8) is 0 Å². The molecule has 0 saturated heterocycles. The van der Waals surface area contributed by atoms with Crippen molar-refractivity contribution in [2.75, 3.05) is 13.1 Å². The van der Waals surface area contributed by atoms with Gasteiger partial charge in [0.1, 0.15) is 0 Å². The molecule has 1 aliphatic heterocycles. The smallest absolute Gasteiger partial charge is 0.244 e. The molecule has 4 rings (SSSR count). The lowest BCUT2D eigenvalue weighted by atomic mass is 9.79. The summed E-state index contributed by atoms with van der Waals surface area (Å²) >= 11 is 1.64. The first-order valence-corrected chi connectivity index (χ1v) is 11.8. The fourth-order valence-electron chi connectivity index (χ4n) is 4.76. The molecule has 0 radical (unpaired) electrons. The van der Waals surface area contributed by atoms with Gasteiger partial charge in [-0.05, 0) is 66.5 Å². The fourth-order valence-corrected chi connectivity index (χ4v) is 5.37. The summed E-state index contributed by atoms with van der Waals surface area (Å²) in [7, 11) is 0. The molecule has 1 N–H and O–H groups in total. The highest BCUT2D eigenvalue weighted by Crippen LogP contribution is 2.32. The second-order valence-electron chi connectivity index (χ2n) is 8.55. The summed E-state index contributed by atoms with van der Waals surface area (Å²) in [5.41, 5.74) is 3.31. The summed E-state index contributed by atoms with van der Waals surface area (Å²) in [4.78, 5) is 16.3. The Morgan fingerprint density at radius 1 is 1.23 bits per heavy atom. The monoisotopic (exact) mass is 419 g/mol. The molecule has 0 unspecified atom stereocenters. The first-order valence-electron chi connectivity index (χ1n) is 10.9. The number of carbonyl (C=O) groups is 1. The van der Waals surface area contributed by atoms with Crippen molar-refractivity contribution in [3.8, 4) is 6.07 Å². The number of rotatable bonds is 6. The van der Waals surface area contributed by atoms with E-state index in [9.17, 15) is 4.79 Å². The average molecular weight is 420 g/mol. The summed E-state index contributed by atoms with van der Waals surface area (Å²) in [6, 6.07) is 12.3. The minimum Gasteiger partial charge on any atom is -0.347 e. The molecule has 1 aromatic heterocycles. The summed E-state index contributed by atoms with van der Waals surface area (Å²) in [5, 5.41) is 14.5. The predicted molar refractivity (Wildman–Crippen MR) is 122 cm³/mol. The number of hydrogen-bond acceptors (Lipinski definition) is 4. The van der Waals surface area contributed by atoms with Gasteiger partial charge in [0.05, 0.1) is 11.6 Å². The number of fused-ring (bicyclic) bond motifs is 1. The molecule has 156 valence electrons. The second-order valence-corrected chi connectivity index (χ2v) is 9.53. The van der Waals surface area contributed by atoms with Crippen LogP contribution in [0.5, 0.6) is 0 Å². The van der Waals surface area contributed by atoms with Crippen LogP contribution in [-0.2, 0) is 17.8 Å². The van der Waals surface area contributed by atoms with Crippen LogP contribution in [0.15, 0.2) is 41.8 Å². The maximum absolute atomic E-state index is 12.7. The highest BCUT2D eigenvalue weighted by Gasteiger charge is 2.33. The third-order valence-corrected chi connectivity index (χ3v) is 7.31. The zero-order valence-corrected chi connectivity index (χ0v) is 18.2. The van der Waals surface area contributed by atoms with Gasteiger partial charge in [0.25, 0.3) is 0 Å². The van der Waals surface area contributed by atoms with Crippen molar-refractivity contribution in [3.05, 3.63) is 63.4 Å². The summed E-state index contributed by atoms with van der Waals surface area (Å²) < 4.78 is 0. The first kappa shape index (κ1) is 20.8. The van der Waals surface area contributed by atoms with Crippen molar-refractivity contribution in [2.24, 2.45) is 0 Å². The van der Waals surface area contributed by atoms with Crippen LogP contribution in [-0.4, -0.2) is 29.4 Å². The molecular formula is C25H29N3OS. The lowest BCUT2D eigenvalue weighted by Gasteiger charge is -2.40. The SMILES string of the molecule is N#Cc1ccc2c(c1)CCN(CCC1(NC(=O)/C=C/c3cccs3)CCCCC1)C2. The molecule has 0 bridgehead atoms. The molecule has 1 saturated carbocycles. The van der Waals surface area contributed by atoms with Gasteiger partial charge in [-0.15, -0.1) is 11.3 Å². The Morgan fingerprint density at radius 2 is 2.10 bits per heavy atom. The molecule has 1 amide bonds. The molecular weight excluding hydrogens is 390 g/mol. The van der Waals surface area contributed by atoms with E-state index >= 15 is 0 Å². The van der Waals surface area contributed by atoms with E-state index in [1.54, 1.807) is 17.4 Å². The van der Waals surface area contributed by atoms with Gasteiger partial charge < -0.3 is 5.32 Å². The molecule has 2 heterocycles. The van der Waals surface area contributed by atoms with Crippen molar-refractivity contribution < 1.29 is 4.79 Å². The molecule has 4 nitrogen and oxygen atoms in total. The lowest BCUT2D eigenvalue weighted by molar-refractivity contribution is -0.118. The summed E-state index contributed by atoms with van der Waals surface area (Å²) in [6.07, 6.45) is 11.4. The Bertz CT molecular complexity index is 936. The summed E-state index contributed by atoms with van der Waals surface area (Å²) in [6.45, 7) is 2.95. The summed E-state index contributed by atoms with van der Waals surface area (Å²) in [5.74, 6) is 0.0262. The van der Waals surface area contributed by atoms with E-state index in [1.807, 2.05) is 35.7 Å². The van der Waals surface area contributed by atoms with Crippen LogP contribution in [0.25, 0.3) is 6.08 Å². The number of thiophene rings is 1. The van der Waals surface area contributed by atoms with E-state index in [4.69, 9.17) is 5.26 Å². The molecule has 2 aromatic rings. The van der Waals surface area contributed by atoms with E-state index < -0.39 is 0 Å². The molecule has 0 atom stereocenters. The zero-order valence-electron chi connectivity index (χ0n) is 17.4. The van der Waals surface area contributed by atoms with Crippen molar-refractivity contribution in [2.45, 2.75) is 57.0 Å². The molecule has 1 aromatic carbocycles. The predicted octanol–water partition coefficient (Wildman–Crippen LogP) is 4.90. The second kappa shape index (κ2) is 9.59. The maximum Gasteiger partial charge on any atom is 0.244 e. The number of amides is 1. The third-order valence-electron chi connectivity index (χ3n) is 6.47. The van der Waals surface area contributed by atoms with Crippen LogP contribution in [0.3, 0.4) is 0 Å². The minimum absolute atomic E-state index is 0.0262. The standard InChI is InChI=1S/C25H29N3OS/c26-18-20-6-7-22-19-28(14-10-21(22)17-20)15-13-25(11-2-1-3-12-25)27-24(29)9-8-23-5-4-16-30-23/h4-9,16-17H,1-3,10-15,19H2,(H,27,29)/b9-8+. The maximum atomic E-state index is 12.7. The fraction of sp³-hybridized carbons (Fsp3) is 0.440. The van der Waals surface area contributed by atoms with Crippen molar-refractivity contribution >= 4 is 23.3 Å². The van der Waals surface area contributed by atoms with Crippen LogP contribution in [0.4, 0.5) is 0 Å². The van der Waals surface area contributed by atoms with Gasteiger partial charge in [0.2, 0.25) is 5.91 Å². The highest BCUT2D eigenvalue weighted by molar-refractivity contribution is 7.10. The Labute approximate surface area is 183 Å². The number of nitriles is 1. The molecule has 1 fully saturated rings. The van der Waals surface area contributed by atoms with Gasteiger partial charge >= 0.3 is 0 Å². The van der Waals surface area contributed by atoms with Gasteiger partial charge in [0, 0.05) is 36.1 Å². The van der Waals surface area contributed by atoms with Crippen molar-refractivity contribution in [1.29, 1.82) is 5.26 Å². The van der Waals surface area contributed by atoms with Crippen LogP contribution in [0.2, 0.25) is 0 Å². The molecule has 2 aliphatic rings. The van der Waals surface area contributed by atoms with Gasteiger partial charge in [-0.1, -0.05) is 31.4 Å².